The van der Waals surface area contributed by atoms with Crippen molar-refractivity contribution >= 4 is 5.97 Å². The minimum atomic E-state index is -1.01. The van der Waals surface area contributed by atoms with Crippen molar-refractivity contribution in [2.75, 3.05) is 7.11 Å². The molecule has 106 valence electrons. The Balaban J connectivity index is 3.60. The highest BCUT2D eigenvalue weighted by atomic mass is 19.1. The van der Waals surface area contributed by atoms with Gasteiger partial charge in [0.25, 0.3) is 0 Å². The van der Waals surface area contributed by atoms with Crippen LogP contribution in [0.5, 0.6) is 11.5 Å². The number of carboxylic acid groups (broad SMARTS) is 1. The number of hydrogen-bond acceptors (Lipinski definition) is 3. The van der Waals surface area contributed by atoms with Gasteiger partial charge in [0.05, 0.1) is 13.5 Å². The highest BCUT2D eigenvalue weighted by molar-refractivity contribution is 5.70. The lowest BCUT2D eigenvalue weighted by Crippen LogP contribution is -2.24. The van der Waals surface area contributed by atoms with Crippen LogP contribution in [0.3, 0.4) is 0 Å². The Kier molecular flexibility index (Phi) is 4.08. The number of aromatic hydroxyl groups is 1. The molecule has 0 saturated heterocycles. The summed E-state index contributed by atoms with van der Waals surface area (Å²) in [5, 5.41) is 19.2. The van der Waals surface area contributed by atoms with Crippen LogP contribution in [0.4, 0.5) is 4.39 Å². The predicted octanol–water partition coefficient (Wildman–Crippen LogP) is 2.91. The van der Waals surface area contributed by atoms with Gasteiger partial charge in [-0.2, -0.15) is 0 Å². The van der Waals surface area contributed by atoms with E-state index in [4.69, 9.17) is 9.84 Å². The second-order valence-electron chi connectivity index (χ2n) is 5.28. The summed E-state index contributed by atoms with van der Waals surface area (Å²) in [7, 11) is 1.34. The van der Waals surface area contributed by atoms with Crippen LogP contribution in [-0.4, -0.2) is 23.3 Å². The van der Waals surface area contributed by atoms with Gasteiger partial charge in [-0.1, -0.05) is 13.8 Å². The number of halogens is 1. The molecule has 0 bridgehead atoms. The highest BCUT2D eigenvalue weighted by Crippen LogP contribution is 2.44. The Bertz CT molecular complexity index is 521. The maximum absolute atomic E-state index is 14.1. The van der Waals surface area contributed by atoms with Gasteiger partial charge in [0.2, 0.25) is 0 Å². The Morgan fingerprint density at radius 1 is 1.32 bits per heavy atom. The SMILES string of the molecule is COc1c(C)c(F)c(C)c(C(C)(C)CC(=O)O)c1O. The zero-order valence-electron chi connectivity index (χ0n) is 11.8. The van der Waals surface area contributed by atoms with Crippen molar-refractivity contribution < 1.29 is 24.1 Å². The van der Waals surface area contributed by atoms with E-state index >= 15 is 0 Å². The fourth-order valence-corrected chi connectivity index (χ4v) is 2.50. The molecule has 0 spiro atoms. The van der Waals surface area contributed by atoms with Crippen LogP contribution in [0.1, 0.15) is 37.0 Å². The monoisotopic (exact) mass is 270 g/mol. The molecule has 0 saturated carbocycles. The van der Waals surface area contributed by atoms with E-state index in [1.165, 1.54) is 21.0 Å². The first-order chi connectivity index (χ1) is 8.63. The number of carbonyl (C=O) groups is 1. The van der Waals surface area contributed by atoms with Crippen LogP contribution >= 0.6 is 0 Å². The fourth-order valence-electron chi connectivity index (χ4n) is 2.50. The van der Waals surface area contributed by atoms with Gasteiger partial charge in [0, 0.05) is 16.5 Å². The van der Waals surface area contributed by atoms with Gasteiger partial charge in [-0.05, 0) is 19.4 Å². The molecule has 0 aliphatic carbocycles. The number of benzene rings is 1. The van der Waals surface area contributed by atoms with Gasteiger partial charge in [-0.25, -0.2) is 4.39 Å². The number of aliphatic carboxylic acids is 1. The third-order valence-electron chi connectivity index (χ3n) is 3.30. The number of carboxylic acids is 1. The first-order valence-electron chi connectivity index (χ1n) is 5.91. The van der Waals surface area contributed by atoms with E-state index in [9.17, 15) is 14.3 Å². The molecule has 1 aromatic rings. The van der Waals surface area contributed by atoms with Gasteiger partial charge < -0.3 is 14.9 Å². The normalized spacial score (nSPS) is 11.5. The van der Waals surface area contributed by atoms with Crippen LogP contribution in [0.15, 0.2) is 0 Å². The summed E-state index contributed by atoms with van der Waals surface area (Å²) in [6.07, 6.45) is -0.215. The predicted molar refractivity (Wildman–Crippen MR) is 69.4 cm³/mol. The van der Waals surface area contributed by atoms with Crippen LogP contribution < -0.4 is 4.74 Å². The molecule has 0 radical (unpaired) electrons. The first kappa shape index (κ1) is 15.3. The number of ether oxygens (including phenoxy) is 1. The summed E-state index contributed by atoms with van der Waals surface area (Å²) in [5.74, 6) is -1.63. The molecule has 0 aromatic heterocycles. The largest absolute Gasteiger partial charge is 0.504 e. The molecular formula is C14H19FO4. The second-order valence-corrected chi connectivity index (χ2v) is 5.28. The molecule has 4 nitrogen and oxygen atoms in total. The first-order valence-corrected chi connectivity index (χ1v) is 5.91. The lowest BCUT2D eigenvalue weighted by molar-refractivity contribution is -0.138. The Morgan fingerprint density at radius 3 is 2.26 bits per heavy atom. The van der Waals surface area contributed by atoms with Crippen LogP contribution in [0.25, 0.3) is 0 Å². The molecule has 0 aliphatic heterocycles. The molecule has 0 atom stereocenters. The van der Waals surface area contributed by atoms with E-state index in [1.54, 1.807) is 13.8 Å². The summed E-state index contributed by atoms with van der Waals surface area (Å²) >= 11 is 0. The zero-order chi connectivity index (χ0) is 15.0. The molecule has 0 fully saturated rings. The quantitative estimate of drug-likeness (QED) is 0.882. The van der Waals surface area contributed by atoms with Gasteiger partial charge in [0.15, 0.2) is 11.5 Å². The molecule has 2 N–H and O–H groups in total. The molecule has 0 aliphatic rings. The van der Waals surface area contributed by atoms with E-state index in [1.807, 2.05) is 0 Å². The van der Waals surface area contributed by atoms with E-state index in [0.717, 1.165) is 0 Å². The topological polar surface area (TPSA) is 66.8 Å². The molecule has 0 unspecified atom stereocenters. The van der Waals surface area contributed by atoms with Gasteiger partial charge >= 0.3 is 5.97 Å². The average molecular weight is 270 g/mol. The van der Waals surface area contributed by atoms with Crippen molar-refractivity contribution in [3.05, 3.63) is 22.5 Å². The van der Waals surface area contributed by atoms with Gasteiger partial charge in [-0.3, -0.25) is 4.79 Å². The molecule has 0 heterocycles. The molecular weight excluding hydrogens is 251 g/mol. The molecule has 1 aromatic carbocycles. The zero-order valence-corrected chi connectivity index (χ0v) is 11.8. The van der Waals surface area contributed by atoms with E-state index < -0.39 is 17.2 Å². The third kappa shape index (κ3) is 2.64. The van der Waals surface area contributed by atoms with E-state index in [0.29, 0.717) is 0 Å². The second kappa shape index (κ2) is 5.07. The van der Waals surface area contributed by atoms with Gasteiger partial charge in [0.1, 0.15) is 5.82 Å². The number of methoxy groups -OCH3 is 1. The molecule has 1 rings (SSSR count). The Hall–Kier alpha value is -1.78. The van der Waals surface area contributed by atoms with Crippen LogP contribution in [0.2, 0.25) is 0 Å². The highest BCUT2D eigenvalue weighted by Gasteiger charge is 2.33. The summed E-state index contributed by atoms with van der Waals surface area (Å²) in [6, 6.07) is 0. The van der Waals surface area contributed by atoms with Crippen LogP contribution in [0, 0.1) is 19.7 Å². The summed E-state index contributed by atoms with van der Waals surface area (Å²) in [6.45, 7) is 6.34. The number of phenolic OH excluding ortho intramolecular Hbond substituents is 1. The van der Waals surface area contributed by atoms with E-state index in [2.05, 4.69) is 0 Å². The minimum absolute atomic E-state index is 0.0524. The smallest absolute Gasteiger partial charge is 0.304 e. The average Bonchev–Trinajstić information content (AvgIpc) is 2.24. The lowest BCUT2D eigenvalue weighted by atomic mass is 9.78. The fraction of sp³-hybridized carbons (Fsp3) is 0.500. The number of rotatable bonds is 4. The third-order valence-corrected chi connectivity index (χ3v) is 3.30. The minimum Gasteiger partial charge on any atom is -0.504 e. The number of hydrogen-bond donors (Lipinski definition) is 2. The molecule has 0 amide bonds. The van der Waals surface area contributed by atoms with Crippen LogP contribution in [-0.2, 0) is 10.2 Å². The Labute approximate surface area is 111 Å². The molecule has 5 heteroatoms. The van der Waals surface area contributed by atoms with Crippen molar-refractivity contribution in [1.29, 1.82) is 0 Å². The van der Waals surface area contributed by atoms with Crippen molar-refractivity contribution in [2.24, 2.45) is 0 Å². The maximum atomic E-state index is 14.1. The summed E-state index contributed by atoms with van der Waals surface area (Å²) in [5.41, 5.74) is -0.161. The van der Waals surface area contributed by atoms with E-state index in [-0.39, 0.29) is 34.6 Å². The van der Waals surface area contributed by atoms with Gasteiger partial charge in [-0.15, -0.1) is 0 Å². The maximum Gasteiger partial charge on any atom is 0.304 e. The Morgan fingerprint density at radius 2 is 1.84 bits per heavy atom. The molecule has 19 heavy (non-hydrogen) atoms. The standard InChI is InChI=1S/C14H19FO4/c1-7-10(14(3,4)6-9(16)17)12(18)13(19-5)8(2)11(7)15/h18H,6H2,1-5H3,(H,16,17). The lowest BCUT2D eigenvalue weighted by Gasteiger charge is -2.28. The van der Waals surface area contributed by atoms with Crippen molar-refractivity contribution in [3.8, 4) is 11.5 Å². The summed E-state index contributed by atoms with van der Waals surface area (Å²) < 4.78 is 19.2. The number of phenols is 1. The van der Waals surface area contributed by atoms with Crippen molar-refractivity contribution in [1.82, 2.24) is 0 Å². The van der Waals surface area contributed by atoms with Crippen molar-refractivity contribution in [2.45, 2.75) is 39.5 Å². The summed E-state index contributed by atoms with van der Waals surface area (Å²) in [4.78, 5) is 10.9. The van der Waals surface area contributed by atoms with Crippen molar-refractivity contribution in [3.63, 3.8) is 0 Å².